The summed E-state index contributed by atoms with van der Waals surface area (Å²) in [6.07, 6.45) is 2.17. The summed E-state index contributed by atoms with van der Waals surface area (Å²) in [5.41, 5.74) is 0. The van der Waals surface area contributed by atoms with E-state index in [1.165, 1.54) is 18.1 Å². The molecule has 0 saturated carbocycles. The Kier molecular flexibility index (Phi) is 6.28. The van der Waals surface area contributed by atoms with Crippen molar-refractivity contribution in [2.75, 3.05) is 6.54 Å². The Labute approximate surface area is 160 Å². The van der Waals surface area contributed by atoms with Gasteiger partial charge in [0.05, 0.1) is 12.3 Å². The molecule has 3 rings (SSSR count). The average Bonchev–Trinajstić information content (AvgIpc) is 3.38. The van der Waals surface area contributed by atoms with Crippen molar-refractivity contribution < 1.29 is 13.7 Å². The summed E-state index contributed by atoms with van der Waals surface area (Å²) in [4.78, 5) is 22.7. The first-order chi connectivity index (χ1) is 13.0. The van der Waals surface area contributed by atoms with Crippen LogP contribution in [0.3, 0.4) is 0 Å². The molecule has 1 N–H and O–H groups in total. The standard InChI is InChI=1S/C17H22N6O3S/c1-4-23(8-14-20-15(26-22-14)7-11(2)3)16(24)13-6-5-12(25-13)9-27-17-18-10-19-21-17/h5-6,10-11H,4,7-9H2,1-3H3,(H,18,19,21). The quantitative estimate of drug-likeness (QED) is 0.555. The zero-order valence-corrected chi connectivity index (χ0v) is 16.3. The molecule has 0 fully saturated rings. The Morgan fingerprint density at radius 3 is 2.93 bits per heavy atom. The summed E-state index contributed by atoms with van der Waals surface area (Å²) in [5.74, 6) is 2.84. The Morgan fingerprint density at radius 2 is 2.22 bits per heavy atom. The van der Waals surface area contributed by atoms with E-state index in [0.717, 1.165) is 6.42 Å². The predicted molar refractivity (Wildman–Crippen MR) is 97.9 cm³/mol. The minimum atomic E-state index is -0.205. The van der Waals surface area contributed by atoms with Gasteiger partial charge in [-0.15, -0.1) is 0 Å². The molecular weight excluding hydrogens is 368 g/mol. The summed E-state index contributed by atoms with van der Waals surface area (Å²) in [6, 6.07) is 3.47. The smallest absolute Gasteiger partial charge is 0.289 e. The van der Waals surface area contributed by atoms with E-state index in [9.17, 15) is 4.79 Å². The van der Waals surface area contributed by atoms with Gasteiger partial charge in [0.1, 0.15) is 12.1 Å². The van der Waals surface area contributed by atoms with Gasteiger partial charge >= 0.3 is 0 Å². The van der Waals surface area contributed by atoms with Gasteiger partial charge in [-0.05, 0) is 25.0 Å². The molecule has 3 aromatic heterocycles. The number of thioether (sulfide) groups is 1. The monoisotopic (exact) mass is 390 g/mol. The van der Waals surface area contributed by atoms with Crippen LogP contribution in [0.2, 0.25) is 0 Å². The number of nitrogens with one attached hydrogen (secondary N) is 1. The van der Waals surface area contributed by atoms with Gasteiger partial charge in [0.25, 0.3) is 5.91 Å². The van der Waals surface area contributed by atoms with Crippen LogP contribution in [-0.4, -0.2) is 42.7 Å². The summed E-state index contributed by atoms with van der Waals surface area (Å²) < 4.78 is 10.9. The molecule has 0 unspecified atom stereocenters. The van der Waals surface area contributed by atoms with Gasteiger partial charge in [-0.2, -0.15) is 10.1 Å². The molecule has 0 aliphatic carbocycles. The zero-order valence-electron chi connectivity index (χ0n) is 15.5. The largest absolute Gasteiger partial charge is 0.455 e. The lowest BCUT2D eigenvalue weighted by Gasteiger charge is -2.17. The highest BCUT2D eigenvalue weighted by molar-refractivity contribution is 7.98. The van der Waals surface area contributed by atoms with Crippen LogP contribution in [0.4, 0.5) is 0 Å². The Morgan fingerprint density at radius 1 is 1.37 bits per heavy atom. The SMILES string of the molecule is CCN(Cc1noc(CC(C)C)n1)C(=O)c1ccc(CSc2ncn[nH]2)o1. The third kappa shape index (κ3) is 5.19. The van der Waals surface area contributed by atoms with Crippen LogP contribution < -0.4 is 0 Å². The maximum Gasteiger partial charge on any atom is 0.289 e. The number of carbonyl (C=O) groups is 1. The second-order valence-electron chi connectivity index (χ2n) is 6.37. The van der Waals surface area contributed by atoms with Crippen molar-refractivity contribution in [1.29, 1.82) is 0 Å². The normalized spacial score (nSPS) is 11.3. The molecule has 1 amide bonds. The van der Waals surface area contributed by atoms with Crippen LogP contribution in [0.15, 0.2) is 32.6 Å². The molecular formula is C17H22N6O3S. The molecule has 144 valence electrons. The first-order valence-corrected chi connectivity index (χ1v) is 9.71. The van der Waals surface area contributed by atoms with E-state index in [2.05, 4.69) is 39.2 Å². The third-order valence-electron chi connectivity index (χ3n) is 3.71. The van der Waals surface area contributed by atoms with Crippen LogP contribution in [0.5, 0.6) is 0 Å². The lowest BCUT2D eigenvalue weighted by Crippen LogP contribution is -2.30. The Balaban J connectivity index is 1.60. The number of aromatic nitrogens is 5. The first kappa shape index (κ1) is 19.2. The van der Waals surface area contributed by atoms with Gasteiger partial charge in [0.2, 0.25) is 5.89 Å². The molecule has 0 spiro atoms. The van der Waals surface area contributed by atoms with Crippen molar-refractivity contribution in [1.82, 2.24) is 30.2 Å². The third-order valence-corrected chi connectivity index (χ3v) is 4.61. The van der Waals surface area contributed by atoms with Crippen LogP contribution in [0, 0.1) is 5.92 Å². The molecule has 0 atom stereocenters. The highest BCUT2D eigenvalue weighted by Gasteiger charge is 2.21. The van der Waals surface area contributed by atoms with E-state index in [4.69, 9.17) is 8.94 Å². The first-order valence-electron chi connectivity index (χ1n) is 8.72. The van der Waals surface area contributed by atoms with Gasteiger partial charge in [0.15, 0.2) is 16.7 Å². The van der Waals surface area contributed by atoms with Gasteiger partial charge in [-0.1, -0.05) is 30.8 Å². The van der Waals surface area contributed by atoms with E-state index < -0.39 is 0 Å². The fraction of sp³-hybridized carbons (Fsp3) is 0.471. The molecule has 10 heteroatoms. The Bertz CT molecular complexity index is 858. The summed E-state index contributed by atoms with van der Waals surface area (Å²) in [5, 5.41) is 11.2. The number of furan rings is 1. The van der Waals surface area contributed by atoms with Gasteiger partial charge in [-0.25, -0.2) is 4.98 Å². The predicted octanol–water partition coefficient (Wildman–Crippen LogP) is 2.93. The van der Waals surface area contributed by atoms with Gasteiger partial charge in [-0.3, -0.25) is 9.89 Å². The second kappa shape index (κ2) is 8.85. The minimum absolute atomic E-state index is 0.205. The van der Waals surface area contributed by atoms with Crippen molar-refractivity contribution in [2.24, 2.45) is 5.92 Å². The molecule has 0 aliphatic heterocycles. The highest BCUT2D eigenvalue weighted by Crippen LogP contribution is 2.21. The second-order valence-corrected chi connectivity index (χ2v) is 7.33. The molecule has 0 saturated heterocycles. The van der Waals surface area contributed by atoms with Gasteiger partial charge in [0, 0.05) is 13.0 Å². The van der Waals surface area contributed by atoms with E-state index in [-0.39, 0.29) is 18.2 Å². The molecule has 9 nitrogen and oxygen atoms in total. The van der Waals surface area contributed by atoms with Crippen molar-refractivity contribution in [3.05, 3.63) is 41.7 Å². The van der Waals surface area contributed by atoms with E-state index in [1.807, 2.05) is 6.92 Å². The number of rotatable bonds is 9. The van der Waals surface area contributed by atoms with Crippen LogP contribution >= 0.6 is 11.8 Å². The van der Waals surface area contributed by atoms with Crippen LogP contribution in [0.1, 0.15) is 48.8 Å². The highest BCUT2D eigenvalue weighted by atomic mass is 32.2. The lowest BCUT2D eigenvalue weighted by molar-refractivity contribution is 0.0713. The molecule has 0 bridgehead atoms. The molecule has 0 aromatic carbocycles. The maximum absolute atomic E-state index is 12.7. The van der Waals surface area contributed by atoms with Crippen molar-refractivity contribution >= 4 is 17.7 Å². The number of amides is 1. The maximum atomic E-state index is 12.7. The molecule has 3 aromatic rings. The van der Waals surface area contributed by atoms with E-state index >= 15 is 0 Å². The number of hydrogen-bond donors (Lipinski definition) is 1. The molecule has 27 heavy (non-hydrogen) atoms. The topological polar surface area (TPSA) is 114 Å². The summed E-state index contributed by atoms with van der Waals surface area (Å²) >= 11 is 1.45. The fourth-order valence-electron chi connectivity index (χ4n) is 2.41. The lowest BCUT2D eigenvalue weighted by atomic mass is 10.1. The van der Waals surface area contributed by atoms with Crippen molar-refractivity contribution in [2.45, 2.75) is 44.6 Å². The zero-order chi connectivity index (χ0) is 19.2. The molecule has 0 aliphatic rings. The number of hydrogen-bond acceptors (Lipinski definition) is 8. The van der Waals surface area contributed by atoms with E-state index in [1.54, 1.807) is 17.0 Å². The molecule has 3 heterocycles. The number of aromatic amines is 1. The van der Waals surface area contributed by atoms with Crippen LogP contribution in [0.25, 0.3) is 0 Å². The minimum Gasteiger partial charge on any atom is -0.455 e. The fourth-order valence-corrected chi connectivity index (χ4v) is 3.09. The number of nitrogens with zero attached hydrogens (tertiary/aromatic N) is 5. The van der Waals surface area contributed by atoms with E-state index in [0.29, 0.717) is 40.8 Å². The molecule has 0 radical (unpaired) electrons. The summed E-state index contributed by atoms with van der Waals surface area (Å²) in [7, 11) is 0. The van der Waals surface area contributed by atoms with Gasteiger partial charge < -0.3 is 13.8 Å². The van der Waals surface area contributed by atoms with Crippen LogP contribution in [-0.2, 0) is 18.7 Å². The number of H-pyrrole nitrogens is 1. The summed E-state index contributed by atoms with van der Waals surface area (Å²) in [6.45, 7) is 6.86. The Hall–Kier alpha value is -2.62. The average molecular weight is 390 g/mol. The van der Waals surface area contributed by atoms with Crippen molar-refractivity contribution in [3.8, 4) is 0 Å². The number of carbonyl (C=O) groups excluding carboxylic acids is 1. The van der Waals surface area contributed by atoms with Crippen molar-refractivity contribution in [3.63, 3.8) is 0 Å².